The first-order valence-corrected chi connectivity index (χ1v) is 6.89. The third kappa shape index (κ3) is 3.75. The molecule has 16 heavy (non-hydrogen) atoms. The van der Waals surface area contributed by atoms with E-state index in [1.54, 1.807) is 18.2 Å². The van der Waals surface area contributed by atoms with E-state index in [2.05, 4.69) is 10.0 Å². The molecule has 6 heteroatoms. The summed E-state index contributed by atoms with van der Waals surface area (Å²) in [6, 6.07) is 6.38. The lowest BCUT2D eigenvalue weighted by molar-refractivity contribution is 0.577. The minimum absolute atomic E-state index is 0.119. The maximum atomic E-state index is 11.8. The quantitative estimate of drug-likeness (QED) is 0.758. The number of hydrogen-bond acceptors (Lipinski definition) is 3. The first-order valence-electron chi connectivity index (χ1n) is 5.03. The van der Waals surface area contributed by atoms with Gasteiger partial charge in [-0.25, -0.2) is 13.1 Å². The Morgan fingerprint density at radius 1 is 1.25 bits per heavy atom. The molecule has 0 unspecified atom stereocenters. The van der Waals surface area contributed by atoms with Crippen LogP contribution in [0.25, 0.3) is 0 Å². The van der Waals surface area contributed by atoms with Gasteiger partial charge in [0, 0.05) is 13.1 Å². The summed E-state index contributed by atoms with van der Waals surface area (Å²) < 4.78 is 26.1. The Hall–Kier alpha value is -0.620. The molecule has 0 aromatic heterocycles. The molecule has 90 valence electrons. The van der Waals surface area contributed by atoms with E-state index in [9.17, 15) is 8.42 Å². The number of hydrogen-bond donors (Lipinski definition) is 2. The third-order valence-electron chi connectivity index (χ3n) is 1.97. The summed E-state index contributed by atoms with van der Waals surface area (Å²) in [5.74, 6) is 0. The van der Waals surface area contributed by atoms with Crippen molar-refractivity contribution in [1.82, 2.24) is 10.0 Å². The van der Waals surface area contributed by atoms with Crippen LogP contribution in [-0.2, 0) is 10.0 Å². The van der Waals surface area contributed by atoms with Gasteiger partial charge in [0.2, 0.25) is 10.0 Å². The molecule has 1 aromatic rings. The molecule has 0 aliphatic carbocycles. The van der Waals surface area contributed by atoms with Crippen LogP contribution >= 0.6 is 11.6 Å². The number of likely N-dealkylation sites (N-methyl/N-ethyl adjacent to an activating group) is 1. The smallest absolute Gasteiger partial charge is 0.242 e. The summed E-state index contributed by atoms with van der Waals surface area (Å²) in [5, 5.41) is 3.26. The topological polar surface area (TPSA) is 58.2 Å². The normalized spacial score (nSPS) is 11.6. The Morgan fingerprint density at radius 2 is 1.94 bits per heavy atom. The van der Waals surface area contributed by atoms with Crippen LogP contribution < -0.4 is 10.0 Å². The molecule has 0 amide bonds. The maximum absolute atomic E-state index is 11.8. The van der Waals surface area contributed by atoms with E-state index in [1.165, 1.54) is 6.07 Å². The average Bonchev–Trinajstić information content (AvgIpc) is 2.25. The van der Waals surface area contributed by atoms with E-state index in [1.807, 2.05) is 6.92 Å². The highest BCUT2D eigenvalue weighted by Gasteiger charge is 2.15. The fourth-order valence-corrected chi connectivity index (χ4v) is 2.74. The number of benzene rings is 1. The van der Waals surface area contributed by atoms with Crippen LogP contribution in [0.1, 0.15) is 6.92 Å². The lowest BCUT2D eigenvalue weighted by Crippen LogP contribution is -2.31. The van der Waals surface area contributed by atoms with Crippen molar-refractivity contribution >= 4 is 21.6 Å². The van der Waals surface area contributed by atoms with Gasteiger partial charge in [-0.1, -0.05) is 30.7 Å². The number of nitrogens with one attached hydrogen (secondary N) is 2. The van der Waals surface area contributed by atoms with Crippen LogP contribution in [0.3, 0.4) is 0 Å². The van der Waals surface area contributed by atoms with Crippen LogP contribution in [-0.4, -0.2) is 28.1 Å². The zero-order valence-corrected chi connectivity index (χ0v) is 10.6. The van der Waals surface area contributed by atoms with Crippen LogP contribution in [0, 0.1) is 0 Å². The molecule has 0 aliphatic heterocycles. The van der Waals surface area contributed by atoms with Gasteiger partial charge in [0.15, 0.2) is 0 Å². The minimum Gasteiger partial charge on any atom is -0.316 e. The second-order valence-corrected chi connectivity index (χ2v) is 5.32. The molecule has 2 N–H and O–H groups in total. The van der Waals surface area contributed by atoms with Crippen molar-refractivity contribution in [2.24, 2.45) is 0 Å². The highest BCUT2D eigenvalue weighted by Crippen LogP contribution is 2.19. The molecule has 0 saturated heterocycles. The predicted octanol–water partition coefficient (Wildman–Crippen LogP) is 1.23. The SMILES string of the molecule is CCNCCNS(=O)(=O)c1ccccc1Cl. The van der Waals surface area contributed by atoms with E-state index >= 15 is 0 Å². The highest BCUT2D eigenvalue weighted by molar-refractivity contribution is 7.89. The lowest BCUT2D eigenvalue weighted by atomic mass is 10.4. The Bertz CT molecular complexity index is 434. The van der Waals surface area contributed by atoms with Crippen molar-refractivity contribution in [3.63, 3.8) is 0 Å². The molecular weight excluding hydrogens is 248 g/mol. The van der Waals surface area contributed by atoms with Gasteiger partial charge < -0.3 is 5.32 Å². The van der Waals surface area contributed by atoms with Gasteiger partial charge in [0.05, 0.1) is 5.02 Å². The van der Waals surface area contributed by atoms with Crippen LogP contribution in [0.2, 0.25) is 5.02 Å². The fraction of sp³-hybridized carbons (Fsp3) is 0.400. The summed E-state index contributed by atoms with van der Waals surface area (Å²) in [4.78, 5) is 0.119. The van der Waals surface area contributed by atoms with Crippen LogP contribution in [0.15, 0.2) is 29.2 Å². The first-order chi connectivity index (χ1) is 7.58. The van der Waals surface area contributed by atoms with Crippen molar-refractivity contribution in [1.29, 1.82) is 0 Å². The van der Waals surface area contributed by atoms with Crippen LogP contribution in [0.5, 0.6) is 0 Å². The minimum atomic E-state index is -3.49. The number of sulfonamides is 1. The van der Waals surface area contributed by atoms with Gasteiger partial charge in [-0.15, -0.1) is 0 Å². The van der Waals surface area contributed by atoms with Crippen molar-refractivity contribution < 1.29 is 8.42 Å². The van der Waals surface area contributed by atoms with Gasteiger partial charge in [-0.2, -0.15) is 0 Å². The highest BCUT2D eigenvalue weighted by atomic mass is 35.5. The second kappa shape index (κ2) is 6.20. The van der Waals surface area contributed by atoms with Gasteiger partial charge >= 0.3 is 0 Å². The summed E-state index contributed by atoms with van der Waals surface area (Å²) >= 11 is 5.81. The lowest BCUT2D eigenvalue weighted by Gasteiger charge is -2.08. The molecule has 0 saturated carbocycles. The molecule has 0 spiro atoms. The Kier molecular flexibility index (Phi) is 5.21. The monoisotopic (exact) mass is 262 g/mol. The van der Waals surface area contributed by atoms with Gasteiger partial charge in [-0.05, 0) is 18.7 Å². The largest absolute Gasteiger partial charge is 0.316 e. The summed E-state index contributed by atoms with van der Waals surface area (Å²) in [5.41, 5.74) is 0. The van der Waals surface area contributed by atoms with Crippen molar-refractivity contribution in [2.75, 3.05) is 19.6 Å². The molecule has 0 atom stereocenters. The standard InChI is InChI=1S/C10H15ClN2O2S/c1-2-12-7-8-13-16(14,15)10-6-4-3-5-9(10)11/h3-6,12-13H,2,7-8H2,1H3. The van der Waals surface area contributed by atoms with Gasteiger partial charge in [0.1, 0.15) is 4.90 Å². The van der Waals surface area contributed by atoms with Crippen molar-refractivity contribution in [2.45, 2.75) is 11.8 Å². The molecule has 4 nitrogen and oxygen atoms in total. The Morgan fingerprint density at radius 3 is 2.56 bits per heavy atom. The number of halogens is 1. The Labute approximate surface area is 101 Å². The molecule has 0 radical (unpaired) electrons. The third-order valence-corrected chi connectivity index (χ3v) is 3.93. The first kappa shape index (κ1) is 13.4. The molecule has 0 heterocycles. The van der Waals surface area contributed by atoms with E-state index in [4.69, 9.17) is 11.6 Å². The number of rotatable bonds is 6. The zero-order chi connectivity index (χ0) is 12.0. The second-order valence-electron chi connectivity index (χ2n) is 3.18. The fourth-order valence-electron chi connectivity index (χ4n) is 1.19. The summed E-state index contributed by atoms with van der Waals surface area (Å²) in [6.45, 7) is 3.72. The van der Waals surface area contributed by atoms with Gasteiger partial charge in [0.25, 0.3) is 0 Å². The average molecular weight is 263 g/mol. The van der Waals surface area contributed by atoms with E-state index < -0.39 is 10.0 Å². The van der Waals surface area contributed by atoms with Crippen LogP contribution in [0.4, 0.5) is 0 Å². The molecule has 0 fully saturated rings. The summed E-state index contributed by atoms with van der Waals surface area (Å²) in [6.07, 6.45) is 0. The molecule has 1 aromatic carbocycles. The predicted molar refractivity (Wildman–Crippen MR) is 65.2 cm³/mol. The van der Waals surface area contributed by atoms with Gasteiger partial charge in [-0.3, -0.25) is 0 Å². The summed E-state index contributed by atoms with van der Waals surface area (Å²) in [7, 11) is -3.49. The molecular formula is C10H15ClN2O2S. The Balaban J connectivity index is 2.68. The van der Waals surface area contributed by atoms with E-state index in [0.717, 1.165) is 6.54 Å². The zero-order valence-electron chi connectivity index (χ0n) is 9.03. The van der Waals surface area contributed by atoms with Crippen molar-refractivity contribution in [3.8, 4) is 0 Å². The maximum Gasteiger partial charge on any atom is 0.242 e. The van der Waals surface area contributed by atoms with E-state index in [0.29, 0.717) is 13.1 Å². The molecule has 0 aliphatic rings. The van der Waals surface area contributed by atoms with E-state index in [-0.39, 0.29) is 9.92 Å². The molecule has 0 bridgehead atoms. The van der Waals surface area contributed by atoms with Crippen molar-refractivity contribution in [3.05, 3.63) is 29.3 Å². The molecule has 1 rings (SSSR count).